The molecule has 33 heavy (non-hydrogen) atoms. The van der Waals surface area contributed by atoms with Crippen molar-refractivity contribution in [2.45, 2.75) is 13.2 Å². The first-order chi connectivity index (χ1) is 16.1. The lowest BCUT2D eigenvalue weighted by molar-refractivity contribution is 0.0690. The minimum atomic E-state index is -1.24. The summed E-state index contributed by atoms with van der Waals surface area (Å²) in [6, 6.07) is 23.8. The summed E-state index contributed by atoms with van der Waals surface area (Å²) in [5.74, 6) is 4.88. The Morgan fingerprint density at radius 2 is 1.58 bits per heavy atom. The second kappa shape index (κ2) is 10.3. The standard InChI is InChI=1S/C27H21NO5/c29-24-16-23(27(30)31)28-26-22(24)14-21(12-7-13-32-17-19-8-3-1-4-9-19)15-25(26)33-18-20-10-5-2-6-11-20/h1-6,8-11,14-16H,13,17-18H2,(H,28,29)(H,30,31). The molecule has 1 heterocycles. The van der Waals surface area contributed by atoms with Gasteiger partial charge in [0.15, 0.2) is 5.69 Å². The third-order valence-electron chi connectivity index (χ3n) is 4.83. The number of benzene rings is 3. The van der Waals surface area contributed by atoms with E-state index in [9.17, 15) is 15.0 Å². The normalized spacial score (nSPS) is 10.4. The van der Waals surface area contributed by atoms with Gasteiger partial charge in [-0.05, 0) is 23.3 Å². The summed E-state index contributed by atoms with van der Waals surface area (Å²) < 4.78 is 11.6. The summed E-state index contributed by atoms with van der Waals surface area (Å²) in [4.78, 5) is 15.6. The van der Waals surface area contributed by atoms with Gasteiger partial charge in [0, 0.05) is 17.0 Å². The zero-order valence-electron chi connectivity index (χ0n) is 17.7. The molecule has 0 aliphatic rings. The van der Waals surface area contributed by atoms with Gasteiger partial charge < -0.3 is 19.7 Å². The molecule has 0 aliphatic carbocycles. The molecule has 0 radical (unpaired) electrons. The van der Waals surface area contributed by atoms with Gasteiger partial charge in [0.1, 0.15) is 30.2 Å². The predicted octanol–water partition coefficient (Wildman–Crippen LogP) is 4.79. The second-order valence-corrected chi connectivity index (χ2v) is 7.26. The Bertz CT molecular complexity index is 1320. The number of carboxylic acids is 1. The van der Waals surface area contributed by atoms with Crippen LogP contribution < -0.4 is 4.74 Å². The van der Waals surface area contributed by atoms with E-state index in [1.165, 1.54) is 0 Å². The first-order valence-corrected chi connectivity index (χ1v) is 10.3. The second-order valence-electron chi connectivity index (χ2n) is 7.26. The molecule has 4 aromatic rings. The minimum Gasteiger partial charge on any atom is -0.507 e. The lowest BCUT2D eigenvalue weighted by atomic mass is 10.1. The van der Waals surface area contributed by atoms with E-state index in [0.717, 1.165) is 17.2 Å². The number of ether oxygens (including phenoxy) is 2. The molecule has 6 nitrogen and oxygen atoms in total. The third-order valence-corrected chi connectivity index (χ3v) is 4.83. The molecule has 164 valence electrons. The van der Waals surface area contributed by atoms with Crippen LogP contribution in [-0.2, 0) is 18.0 Å². The number of carbonyl (C=O) groups is 1. The SMILES string of the molecule is O=C(O)c1cc(O)c2cc(C#CCOCc3ccccc3)cc(OCc3ccccc3)c2n1. The quantitative estimate of drug-likeness (QED) is 0.318. The van der Waals surface area contributed by atoms with Crippen LogP contribution >= 0.6 is 0 Å². The predicted molar refractivity (Wildman–Crippen MR) is 124 cm³/mol. The highest BCUT2D eigenvalue weighted by Gasteiger charge is 2.15. The molecule has 3 aromatic carbocycles. The molecule has 6 heteroatoms. The van der Waals surface area contributed by atoms with Gasteiger partial charge in [-0.3, -0.25) is 0 Å². The van der Waals surface area contributed by atoms with Crippen LogP contribution in [0.2, 0.25) is 0 Å². The van der Waals surface area contributed by atoms with E-state index >= 15 is 0 Å². The molecule has 0 aliphatic heterocycles. The number of rotatable bonds is 7. The van der Waals surface area contributed by atoms with Gasteiger partial charge in [0.2, 0.25) is 0 Å². The maximum Gasteiger partial charge on any atom is 0.354 e. The molecule has 0 fully saturated rings. The first-order valence-electron chi connectivity index (χ1n) is 10.3. The zero-order valence-corrected chi connectivity index (χ0v) is 17.7. The molecule has 0 spiro atoms. The fourth-order valence-corrected chi connectivity index (χ4v) is 3.24. The Kier molecular flexibility index (Phi) is 6.84. The molecule has 0 amide bonds. The van der Waals surface area contributed by atoms with E-state index in [1.54, 1.807) is 12.1 Å². The fourth-order valence-electron chi connectivity index (χ4n) is 3.24. The molecular formula is C27H21NO5. The van der Waals surface area contributed by atoms with Crippen LogP contribution in [0.25, 0.3) is 10.9 Å². The van der Waals surface area contributed by atoms with Crippen LogP contribution in [0.3, 0.4) is 0 Å². The Labute approximate surface area is 191 Å². The average molecular weight is 439 g/mol. The zero-order chi connectivity index (χ0) is 23.0. The number of aromatic carboxylic acids is 1. The number of nitrogens with zero attached hydrogens (tertiary/aromatic N) is 1. The maximum absolute atomic E-state index is 11.4. The molecule has 1 aromatic heterocycles. The molecule has 4 rings (SSSR count). The topological polar surface area (TPSA) is 88.9 Å². The highest BCUT2D eigenvalue weighted by molar-refractivity contribution is 5.96. The van der Waals surface area contributed by atoms with Gasteiger partial charge in [0.25, 0.3) is 0 Å². The highest BCUT2D eigenvalue weighted by Crippen LogP contribution is 2.33. The van der Waals surface area contributed by atoms with E-state index in [1.807, 2.05) is 60.7 Å². The van der Waals surface area contributed by atoms with Crippen LogP contribution in [0, 0.1) is 11.8 Å². The number of aromatic hydroxyl groups is 1. The van der Waals surface area contributed by atoms with Crippen LogP contribution in [0.5, 0.6) is 11.5 Å². The summed E-state index contributed by atoms with van der Waals surface area (Å²) in [6.07, 6.45) is 0. The van der Waals surface area contributed by atoms with Gasteiger partial charge in [-0.1, -0.05) is 72.5 Å². The van der Waals surface area contributed by atoms with E-state index in [4.69, 9.17) is 9.47 Å². The number of fused-ring (bicyclic) bond motifs is 1. The summed E-state index contributed by atoms with van der Waals surface area (Å²) >= 11 is 0. The van der Waals surface area contributed by atoms with Crippen molar-refractivity contribution in [3.8, 4) is 23.3 Å². The third kappa shape index (κ3) is 5.67. The van der Waals surface area contributed by atoms with E-state index < -0.39 is 5.97 Å². The minimum absolute atomic E-state index is 0.203. The molecule has 0 bridgehead atoms. The smallest absolute Gasteiger partial charge is 0.354 e. The monoisotopic (exact) mass is 439 g/mol. The van der Waals surface area contributed by atoms with Crippen molar-refractivity contribution in [2.75, 3.05) is 6.61 Å². The summed E-state index contributed by atoms with van der Waals surface area (Å²) in [7, 11) is 0. The summed E-state index contributed by atoms with van der Waals surface area (Å²) in [5.41, 5.74) is 2.59. The molecule has 0 saturated carbocycles. The van der Waals surface area contributed by atoms with Crippen molar-refractivity contribution >= 4 is 16.9 Å². The largest absolute Gasteiger partial charge is 0.507 e. The Morgan fingerprint density at radius 1 is 0.909 bits per heavy atom. The number of hydrogen-bond acceptors (Lipinski definition) is 5. The summed E-state index contributed by atoms with van der Waals surface area (Å²) in [5, 5.41) is 20.1. The van der Waals surface area contributed by atoms with Gasteiger partial charge in [-0.2, -0.15) is 0 Å². The maximum atomic E-state index is 11.4. The van der Waals surface area contributed by atoms with Crippen molar-refractivity contribution in [3.63, 3.8) is 0 Å². The lowest BCUT2D eigenvalue weighted by Crippen LogP contribution is -2.03. The molecule has 0 atom stereocenters. The van der Waals surface area contributed by atoms with Crippen molar-refractivity contribution in [3.05, 3.63) is 101 Å². The number of hydrogen-bond donors (Lipinski definition) is 2. The Hall–Kier alpha value is -4.34. The van der Waals surface area contributed by atoms with Crippen LogP contribution in [0.4, 0.5) is 0 Å². The number of pyridine rings is 1. The first kappa shape index (κ1) is 21.9. The summed E-state index contributed by atoms with van der Waals surface area (Å²) in [6.45, 7) is 0.948. The van der Waals surface area contributed by atoms with E-state index in [2.05, 4.69) is 16.8 Å². The molecule has 0 saturated heterocycles. The molecular weight excluding hydrogens is 418 g/mol. The van der Waals surface area contributed by atoms with Crippen LogP contribution in [-0.4, -0.2) is 27.8 Å². The van der Waals surface area contributed by atoms with Gasteiger partial charge in [-0.15, -0.1) is 0 Å². The average Bonchev–Trinajstić information content (AvgIpc) is 2.84. The van der Waals surface area contributed by atoms with Crippen molar-refractivity contribution in [2.24, 2.45) is 0 Å². The molecule has 2 N–H and O–H groups in total. The van der Waals surface area contributed by atoms with E-state index in [0.29, 0.717) is 23.3 Å². The van der Waals surface area contributed by atoms with Crippen molar-refractivity contribution < 1.29 is 24.5 Å². The van der Waals surface area contributed by atoms with Crippen LogP contribution in [0.1, 0.15) is 27.2 Å². The number of carboxylic acid groups (broad SMARTS) is 1. The van der Waals surface area contributed by atoms with Gasteiger partial charge in [-0.25, -0.2) is 9.78 Å². The van der Waals surface area contributed by atoms with Gasteiger partial charge in [0.05, 0.1) is 6.61 Å². The lowest BCUT2D eigenvalue weighted by Gasteiger charge is -2.11. The molecule has 0 unspecified atom stereocenters. The number of aromatic nitrogens is 1. The Morgan fingerprint density at radius 3 is 2.24 bits per heavy atom. The fraction of sp³-hybridized carbons (Fsp3) is 0.111. The highest BCUT2D eigenvalue weighted by atomic mass is 16.5. The van der Waals surface area contributed by atoms with Crippen molar-refractivity contribution in [1.82, 2.24) is 4.98 Å². The van der Waals surface area contributed by atoms with Crippen LogP contribution in [0.15, 0.2) is 78.9 Å². The van der Waals surface area contributed by atoms with E-state index in [-0.39, 0.29) is 30.2 Å². The van der Waals surface area contributed by atoms with Gasteiger partial charge >= 0.3 is 5.97 Å². The Balaban J connectivity index is 1.59. The van der Waals surface area contributed by atoms with Crippen molar-refractivity contribution in [1.29, 1.82) is 0 Å².